The Morgan fingerprint density at radius 2 is 2.06 bits per heavy atom. The molecule has 2 unspecified atom stereocenters. The number of nitrogens with zero attached hydrogens (tertiary/aromatic N) is 1. The molecule has 2 nitrogen and oxygen atoms in total. The van der Waals surface area contributed by atoms with E-state index in [1.807, 2.05) is 0 Å². The van der Waals surface area contributed by atoms with E-state index in [0.717, 1.165) is 18.5 Å². The maximum atomic E-state index is 3.70. The van der Waals surface area contributed by atoms with Gasteiger partial charge in [-0.2, -0.15) is 0 Å². The van der Waals surface area contributed by atoms with E-state index < -0.39 is 0 Å². The predicted octanol–water partition coefficient (Wildman–Crippen LogP) is 2.82. The first-order valence-electron chi connectivity index (χ1n) is 7.41. The third-order valence-corrected chi connectivity index (χ3v) is 4.44. The number of hydrogen-bond acceptors (Lipinski definition) is 2. The molecule has 1 saturated carbocycles. The predicted molar refractivity (Wildman–Crippen MR) is 75.6 cm³/mol. The van der Waals surface area contributed by atoms with Crippen molar-refractivity contribution in [2.45, 2.75) is 38.3 Å². The van der Waals surface area contributed by atoms with E-state index >= 15 is 0 Å². The molecule has 2 heteroatoms. The monoisotopic (exact) mass is 244 g/mol. The molecule has 1 aromatic carbocycles. The van der Waals surface area contributed by atoms with Crippen LogP contribution in [0.4, 0.5) is 0 Å². The maximum Gasteiger partial charge on any atom is 0.0346 e. The lowest BCUT2D eigenvalue weighted by Crippen LogP contribution is -2.52. The van der Waals surface area contributed by atoms with Gasteiger partial charge < -0.3 is 5.32 Å². The van der Waals surface area contributed by atoms with Crippen LogP contribution < -0.4 is 5.32 Å². The molecule has 3 rings (SSSR count). The van der Waals surface area contributed by atoms with Gasteiger partial charge in [-0.3, -0.25) is 4.90 Å². The van der Waals surface area contributed by atoms with E-state index in [4.69, 9.17) is 0 Å². The van der Waals surface area contributed by atoms with Crippen LogP contribution in [0.3, 0.4) is 0 Å². The molecule has 1 aromatic rings. The van der Waals surface area contributed by atoms with Gasteiger partial charge in [0.2, 0.25) is 0 Å². The fraction of sp³-hybridized carbons (Fsp3) is 0.625. The average Bonchev–Trinajstić information content (AvgIpc) is 3.26. The number of benzene rings is 1. The van der Waals surface area contributed by atoms with Crippen molar-refractivity contribution in [3.63, 3.8) is 0 Å². The van der Waals surface area contributed by atoms with Crippen LogP contribution in [-0.4, -0.2) is 30.6 Å². The summed E-state index contributed by atoms with van der Waals surface area (Å²) in [5.41, 5.74) is 1.48. The van der Waals surface area contributed by atoms with Crippen LogP contribution in [0.15, 0.2) is 30.3 Å². The van der Waals surface area contributed by atoms with E-state index in [9.17, 15) is 0 Å². The van der Waals surface area contributed by atoms with Crippen LogP contribution in [0.2, 0.25) is 0 Å². The van der Waals surface area contributed by atoms with Gasteiger partial charge >= 0.3 is 0 Å². The minimum atomic E-state index is 0.606. The molecule has 0 amide bonds. The van der Waals surface area contributed by atoms with Crippen molar-refractivity contribution in [2.75, 3.05) is 19.6 Å². The normalized spacial score (nSPS) is 27.1. The Hall–Kier alpha value is -0.860. The van der Waals surface area contributed by atoms with Gasteiger partial charge in [0, 0.05) is 31.7 Å². The van der Waals surface area contributed by atoms with Gasteiger partial charge in [-0.15, -0.1) is 0 Å². The second-order valence-corrected chi connectivity index (χ2v) is 5.73. The highest BCUT2D eigenvalue weighted by Crippen LogP contribution is 2.35. The van der Waals surface area contributed by atoms with Crippen molar-refractivity contribution in [1.29, 1.82) is 0 Å². The minimum Gasteiger partial charge on any atom is -0.311 e. The highest BCUT2D eigenvalue weighted by Gasteiger charge is 2.35. The van der Waals surface area contributed by atoms with Crippen LogP contribution in [0.25, 0.3) is 0 Å². The molecule has 0 spiro atoms. The molecule has 0 aromatic heterocycles. The molecule has 0 radical (unpaired) electrons. The van der Waals surface area contributed by atoms with Gasteiger partial charge in [0.15, 0.2) is 0 Å². The standard InChI is InChI=1S/C16H24N2/c1-2-16(14-6-4-3-5-7-14)18-11-10-17-15(12-18)13-8-9-13/h3-7,13,15-17H,2,8-12H2,1H3. The lowest BCUT2D eigenvalue weighted by Gasteiger charge is -2.39. The number of rotatable bonds is 4. The topological polar surface area (TPSA) is 15.3 Å². The summed E-state index contributed by atoms with van der Waals surface area (Å²) in [5, 5.41) is 3.70. The first kappa shape index (κ1) is 12.2. The maximum absolute atomic E-state index is 3.70. The summed E-state index contributed by atoms with van der Waals surface area (Å²) < 4.78 is 0. The molecule has 2 fully saturated rings. The third kappa shape index (κ3) is 2.60. The Kier molecular flexibility index (Phi) is 3.67. The fourth-order valence-corrected chi connectivity index (χ4v) is 3.28. The lowest BCUT2D eigenvalue weighted by atomic mass is 10.00. The molecule has 2 aliphatic rings. The van der Waals surface area contributed by atoms with E-state index in [1.165, 1.54) is 37.9 Å². The summed E-state index contributed by atoms with van der Waals surface area (Å²) in [7, 11) is 0. The Morgan fingerprint density at radius 1 is 1.28 bits per heavy atom. The SMILES string of the molecule is CCC(c1ccccc1)N1CCNC(C2CC2)C1. The molecule has 1 heterocycles. The summed E-state index contributed by atoms with van der Waals surface area (Å²) in [6.45, 7) is 5.89. The Bertz CT molecular complexity index is 372. The van der Waals surface area contributed by atoms with E-state index in [2.05, 4.69) is 47.5 Å². The summed E-state index contributed by atoms with van der Waals surface area (Å²) in [5.74, 6) is 0.959. The first-order chi connectivity index (χ1) is 8.88. The Morgan fingerprint density at radius 3 is 2.72 bits per heavy atom. The van der Waals surface area contributed by atoms with Gasteiger partial charge in [0.25, 0.3) is 0 Å². The molecule has 1 saturated heterocycles. The minimum absolute atomic E-state index is 0.606. The molecule has 98 valence electrons. The molecule has 1 N–H and O–H groups in total. The van der Waals surface area contributed by atoms with Gasteiger partial charge in [0.1, 0.15) is 0 Å². The van der Waals surface area contributed by atoms with E-state index in [0.29, 0.717) is 6.04 Å². The zero-order chi connectivity index (χ0) is 12.4. The van der Waals surface area contributed by atoms with Gasteiger partial charge in [0.05, 0.1) is 0 Å². The average molecular weight is 244 g/mol. The van der Waals surface area contributed by atoms with Crippen molar-refractivity contribution >= 4 is 0 Å². The smallest absolute Gasteiger partial charge is 0.0346 e. The summed E-state index contributed by atoms with van der Waals surface area (Å²) in [6, 6.07) is 12.4. The van der Waals surface area contributed by atoms with Crippen LogP contribution in [-0.2, 0) is 0 Å². The summed E-state index contributed by atoms with van der Waals surface area (Å²) in [4.78, 5) is 2.69. The molecular weight excluding hydrogens is 220 g/mol. The van der Waals surface area contributed by atoms with Crippen LogP contribution >= 0.6 is 0 Å². The van der Waals surface area contributed by atoms with Crippen LogP contribution in [0, 0.1) is 5.92 Å². The lowest BCUT2D eigenvalue weighted by molar-refractivity contribution is 0.132. The van der Waals surface area contributed by atoms with Crippen LogP contribution in [0.5, 0.6) is 0 Å². The van der Waals surface area contributed by atoms with Gasteiger partial charge in [-0.25, -0.2) is 0 Å². The highest BCUT2D eigenvalue weighted by atomic mass is 15.2. The summed E-state index contributed by atoms with van der Waals surface area (Å²) >= 11 is 0. The highest BCUT2D eigenvalue weighted by molar-refractivity contribution is 5.19. The quantitative estimate of drug-likeness (QED) is 0.876. The van der Waals surface area contributed by atoms with Gasteiger partial charge in [-0.05, 0) is 30.7 Å². The van der Waals surface area contributed by atoms with Crippen molar-refractivity contribution < 1.29 is 0 Å². The largest absolute Gasteiger partial charge is 0.311 e. The first-order valence-corrected chi connectivity index (χ1v) is 7.41. The second kappa shape index (κ2) is 5.41. The summed E-state index contributed by atoms with van der Waals surface area (Å²) in [6.07, 6.45) is 4.09. The van der Waals surface area contributed by atoms with Crippen LogP contribution in [0.1, 0.15) is 37.8 Å². The third-order valence-electron chi connectivity index (χ3n) is 4.44. The molecular formula is C16H24N2. The molecule has 1 aliphatic carbocycles. The Labute approximate surface area is 110 Å². The van der Waals surface area contributed by atoms with Gasteiger partial charge in [-0.1, -0.05) is 37.3 Å². The van der Waals surface area contributed by atoms with Crippen molar-refractivity contribution in [1.82, 2.24) is 10.2 Å². The number of piperazine rings is 1. The van der Waals surface area contributed by atoms with E-state index in [-0.39, 0.29) is 0 Å². The zero-order valence-corrected chi connectivity index (χ0v) is 11.3. The second-order valence-electron chi connectivity index (χ2n) is 5.73. The van der Waals surface area contributed by atoms with Crippen molar-refractivity contribution in [3.8, 4) is 0 Å². The molecule has 1 aliphatic heterocycles. The van der Waals surface area contributed by atoms with Crippen molar-refractivity contribution in [3.05, 3.63) is 35.9 Å². The zero-order valence-electron chi connectivity index (χ0n) is 11.3. The Balaban J connectivity index is 1.71. The van der Waals surface area contributed by atoms with E-state index in [1.54, 1.807) is 0 Å². The molecule has 2 atom stereocenters. The number of hydrogen-bond donors (Lipinski definition) is 1. The molecule has 0 bridgehead atoms. The fourth-order valence-electron chi connectivity index (χ4n) is 3.28. The number of nitrogens with one attached hydrogen (secondary N) is 1. The van der Waals surface area contributed by atoms with Crippen molar-refractivity contribution in [2.24, 2.45) is 5.92 Å². The molecule has 18 heavy (non-hydrogen) atoms.